The Morgan fingerprint density at radius 2 is 2.00 bits per heavy atom. The number of ether oxygens (including phenoxy) is 1. The van der Waals surface area contributed by atoms with Crippen molar-refractivity contribution in [3.63, 3.8) is 0 Å². The number of carboxylic acids is 1. The summed E-state index contributed by atoms with van der Waals surface area (Å²) in [6, 6.07) is -0.319. The summed E-state index contributed by atoms with van der Waals surface area (Å²) in [7, 11) is 1.62. The molecule has 0 bridgehead atoms. The lowest BCUT2D eigenvalue weighted by Gasteiger charge is -2.19. The number of nitrogens with one attached hydrogen (secondary N) is 1. The van der Waals surface area contributed by atoms with Crippen molar-refractivity contribution in [3.8, 4) is 0 Å². The first kappa shape index (κ1) is 16.7. The maximum atomic E-state index is 11.5. The van der Waals surface area contributed by atoms with Gasteiger partial charge >= 0.3 is 12.0 Å². The van der Waals surface area contributed by atoms with E-state index >= 15 is 0 Å². The number of urea groups is 1. The van der Waals surface area contributed by atoms with Crippen LogP contribution < -0.4 is 5.32 Å². The van der Waals surface area contributed by atoms with Crippen LogP contribution in [-0.2, 0) is 9.53 Å². The van der Waals surface area contributed by atoms with Crippen LogP contribution in [0.1, 0.15) is 20.3 Å². The molecule has 0 aliphatic carbocycles. The number of carbonyl (C=O) groups is 2. The molecule has 18 heavy (non-hydrogen) atoms. The van der Waals surface area contributed by atoms with Gasteiger partial charge in [0, 0.05) is 26.6 Å². The summed E-state index contributed by atoms with van der Waals surface area (Å²) in [4.78, 5) is 23.3. The number of aliphatic carboxylic acids is 1. The molecular weight excluding hydrogens is 240 g/mol. The minimum absolute atomic E-state index is 0.0165. The minimum atomic E-state index is -1.44. The fourth-order valence-corrected chi connectivity index (χ4v) is 1.10. The maximum absolute atomic E-state index is 11.5. The van der Waals surface area contributed by atoms with Crippen molar-refractivity contribution in [2.24, 2.45) is 0 Å². The molecule has 0 fully saturated rings. The SMILES string of the molecule is CC(C)OCCN(C)C(=O)NCC[C@H](O)C(=O)O. The molecule has 106 valence electrons. The van der Waals surface area contributed by atoms with Crippen LogP contribution in [0, 0.1) is 0 Å². The van der Waals surface area contributed by atoms with Gasteiger partial charge in [0.1, 0.15) is 0 Å². The predicted octanol–water partition coefficient (Wildman–Crippen LogP) is -0.112. The number of rotatable bonds is 8. The molecule has 0 aromatic heterocycles. The number of hydrogen-bond donors (Lipinski definition) is 3. The number of amides is 2. The first-order valence-electron chi connectivity index (χ1n) is 5.86. The fourth-order valence-electron chi connectivity index (χ4n) is 1.10. The molecule has 0 rings (SSSR count). The van der Waals surface area contributed by atoms with Gasteiger partial charge in [-0.25, -0.2) is 9.59 Å². The zero-order chi connectivity index (χ0) is 14.1. The molecule has 0 heterocycles. The molecule has 0 spiro atoms. The molecule has 3 N–H and O–H groups in total. The largest absolute Gasteiger partial charge is 0.479 e. The Hall–Kier alpha value is -1.34. The van der Waals surface area contributed by atoms with Crippen molar-refractivity contribution in [2.75, 3.05) is 26.7 Å². The van der Waals surface area contributed by atoms with Crippen LogP contribution >= 0.6 is 0 Å². The van der Waals surface area contributed by atoms with Gasteiger partial charge in [0.15, 0.2) is 6.10 Å². The first-order chi connectivity index (χ1) is 8.34. The van der Waals surface area contributed by atoms with Gasteiger partial charge in [-0.15, -0.1) is 0 Å². The second-order valence-corrected chi connectivity index (χ2v) is 4.22. The summed E-state index contributed by atoms with van der Waals surface area (Å²) in [6.07, 6.45) is -1.34. The molecule has 0 aromatic rings. The molecule has 7 nitrogen and oxygen atoms in total. The highest BCUT2D eigenvalue weighted by molar-refractivity contribution is 5.74. The van der Waals surface area contributed by atoms with Crippen LogP contribution in [0.2, 0.25) is 0 Å². The Morgan fingerprint density at radius 3 is 2.50 bits per heavy atom. The summed E-state index contributed by atoms with van der Waals surface area (Å²) < 4.78 is 5.30. The number of carboxylic acid groups (broad SMARTS) is 1. The van der Waals surface area contributed by atoms with Crippen LogP contribution in [0.25, 0.3) is 0 Å². The third kappa shape index (κ3) is 7.86. The summed E-state index contributed by atoms with van der Waals surface area (Å²) in [5.41, 5.74) is 0. The highest BCUT2D eigenvalue weighted by Crippen LogP contribution is 1.92. The van der Waals surface area contributed by atoms with E-state index in [9.17, 15) is 9.59 Å². The normalized spacial score (nSPS) is 12.3. The van der Waals surface area contributed by atoms with Crippen molar-refractivity contribution in [1.82, 2.24) is 10.2 Å². The van der Waals surface area contributed by atoms with Crippen LogP contribution in [0.3, 0.4) is 0 Å². The quantitative estimate of drug-likeness (QED) is 0.567. The van der Waals surface area contributed by atoms with E-state index in [0.29, 0.717) is 13.2 Å². The number of aliphatic hydroxyl groups excluding tert-OH is 1. The van der Waals surface area contributed by atoms with E-state index in [-0.39, 0.29) is 25.1 Å². The van der Waals surface area contributed by atoms with Gasteiger partial charge in [0.2, 0.25) is 0 Å². The number of aliphatic hydroxyl groups is 1. The monoisotopic (exact) mass is 262 g/mol. The summed E-state index contributed by atoms with van der Waals surface area (Å²) in [6.45, 7) is 4.83. The molecule has 0 aromatic carbocycles. The van der Waals surface area contributed by atoms with Crippen molar-refractivity contribution >= 4 is 12.0 Å². The Morgan fingerprint density at radius 1 is 1.39 bits per heavy atom. The van der Waals surface area contributed by atoms with E-state index in [0.717, 1.165) is 0 Å². The fraction of sp³-hybridized carbons (Fsp3) is 0.818. The molecule has 0 aliphatic heterocycles. The van der Waals surface area contributed by atoms with Gasteiger partial charge in [-0.2, -0.15) is 0 Å². The number of nitrogens with zero attached hydrogens (tertiary/aromatic N) is 1. The highest BCUT2D eigenvalue weighted by atomic mass is 16.5. The van der Waals surface area contributed by atoms with Crippen molar-refractivity contribution in [2.45, 2.75) is 32.5 Å². The lowest BCUT2D eigenvalue weighted by Crippen LogP contribution is -2.40. The standard InChI is InChI=1S/C11H22N2O5/c1-8(2)18-7-6-13(3)11(17)12-5-4-9(14)10(15)16/h8-9,14H,4-7H2,1-3H3,(H,12,17)(H,15,16)/t9-/m0/s1. The van der Waals surface area contributed by atoms with Crippen LogP contribution in [0.15, 0.2) is 0 Å². The van der Waals surface area contributed by atoms with E-state index in [2.05, 4.69) is 5.32 Å². The Kier molecular flexibility index (Phi) is 8.06. The number of likely N-dealkylation sites (N-methyl/N-ethyl adjacent to an activating group) is 1. The van der Waals surface area contributed by atoms with Gasteiger partial charge in [-0.3, -0.25) is 0 Å². The first-order valence-corrected chi connectivity index (χ1v) is 5.86. The molecular formula is C11H22N2O5. The molecule has 0 aliphatic rings. The average Bonchev–Trinajstić information content (AvgIpc) is 2.27. The minimum Gasteiger partial charge on any atom is -0.479 e. The summed E-state index contributed by atoms with van der Waals surface area (Å²) >= 11 is 0. The maximum Gasteiger partial charge on any atom is 0.332 e. The van der Waals surface area contributed by atoms with E-state index < -0.39 is 12.1 Å². The van der Waals surface area contributed by atoms with E-state index in [4.69, 9.17) is 14.9 Å². The lowest BCUT2D eigenvalue weighted by molar-refractivity contribution is -0.146. The second kappa shape index (κ2) is 8.71. The Balaban J connectivity index is 3.71. The summed E-state index contributed by atoms with van der Waals surface area (Å²) in [5.74, 6) is -1.29. The lowest BCUT2D eigenvalue weighted by atomic mass is 10.2. The van der Waals surface area contributed by atoms with Crippen LogP contribution in [-0.4, -0.2) is 66.1 Å². The number of carbonyl (C=O) groups excluding carboxylic acids is 1. The zero-order valence-electron chi connectivity index (χ0n) is 11.0. The van der Waals surface area contributed by atoms with Gasteiger partial charge in [0.25, 0.3) is 0 Å². The molecule has 7 heteroatoms. The second-order valence-electron chi connectivity index (χ2n) is 4.22. The molecule has 1 atom stereocenters. The van der Waals surface area contributed by atoms with Crippen molar-refractivity contribution in [3.05, 3.63) is 0 Å². The molecule has 0 saturated heterocycles. The molecule has 2 amide bonds. The average molecular weight is 262 g/mol. The Labute approximate surface area is 107 Å². The van der Waals surface area contributed by atoms with Gasteiger partial charge in [0.05, 0.1) is 12.7 Å². The van der Waals surface area contributed by atoms with E-state index in [1.807, 2.05) is 13.8 Å². The third-order valence-corrected chi connectivity index (χ3v) is 2.20. The Bertz CT molecular complexity index is 270. The van der Waals surface area contributed by atoms with Crippen molar-refractivity contribution < 1.29 is 24.5 Å². The smallest absolute Gasteiger partial charge is 0.332 e. The highest BCUT2D eigenvalue weighted by Gasteiger charge is 2.14. The topological polar surface area (TPSA) is 99.1 Å². The summed E-state index contributed by atoms with van der Waals surface area (Å²) in [5, 5.41) is 19.9. The van der Waals surface area contributed by atoms with Crippen LogP contribution in [0.5, 0.6) is 0 Å². The third-order valence-electron chi connectivity index (χ3n) is 2.20. The van der Waals surface area contributed by atoms with Gasteiger partial charge in [-0.1, -0.05) is 0 Å². The number of hydrogen-bond acceptors (Lipinski definition) is 4. The van der Waals surface area contributed by atoms with Gasteiger partial charge in [-0.05, 0) is 13.8 Å². The van der Waals surface area contributed by atoms with Crippen molar-refractivity contribution in [1.29, 1.82) is 0 Å². The molecule has 0 saturated carbocycles. The van der Waals surface area contributed by atoms with Crippen LogP contribution in [0.4, 0.5) is 4.79 Å². The molecule has 0 radical (unpaired) electrons. The van der Waals surface area contributed by atoms with E-state index in [1.54, 1.807) is 7.05 Å². The molecule has 0 unspecified atom stereocenters. The van der Waals surface area contributed by atoms with E-state index in [1.165, 1.54) is 4.90 Å². The predicted molar refractivity (Wildman–Crippen MR) is 65.4 cm³/mol. The van der Waals surface area contributed by atoms with Gasteiger partial charge < -0.3 is 25.2 Å². The zero-order valence-corrected chi connectivity index (χ0v) is 11.0.